The predicted octanol–water partition coefficient (Wildman–Crippen LogP) is 1.36. The lowest BCUT2D eigenvalue weighted by Gasteiger charge is -2.01. The van der Waals surface area contributed by atoms with E-state index in [1.54, 1.807) is 11.3 Å². The number of aliphatic hydroxyl groups excluding tert-OH is 1. The van der Waals surface area contributed by atoms with Crippen molar-refractivity contribution in [3.8, 4) is 0 Å². The maximum Gasteiger partial charge on any atom is 0.222 e. The molecule has 74 valence electrons. The van der Waals surface area contributed by atoms with Gasteiger partial charge in [-0.15, -0.1) is 23.1 Å². The standard InChI is InChI=1S/C8H9N3OS2/c9-8-10-6-5(1-3-13-6)7(11-8)14-4-2-12/h1,3,12H,2,4H2,(H2,9,10,11). The third-order valence-electron chi connectivity index (χ3n) is 1.64. The summed E-state index contributed by atoms with van der Waals surface area (Å²) < 4.78 is 0. The lowest BCUT2D eigenvalue weighted by Crippen LogP contribution is -1.96. The van der Waals surface area contributed by atoms with E-state index in [2.05, 4.69) is 9.97 Å². The minimum Gasteiger partial charge on any atom is -0.396 e. The SMILES string of the molecule is Nc1nc(SCCO)c2ccsc2n1. The van der Waals surface area contributed by atoms with Gasteiger partial charge in [-0.2, -0.15) is 0 Å². The first-order valence-electron chi connectivity index (χ1n) is 4.05. The van der Waals surface area contributed by atoms with Crippen molar-refractivity contribution in [3.63, 3.8) is 0 Å². The molecule has 2 rings (SSSR count). The summed E-state index contributed by atoms with van der Waals surface area (Å²) in [6, 6.07) is 1.97. The number of thiophene rings is 1. The molecule has 0 aliphatic carbocycles. The zero-order chi connectivity index (χ0) is 9.97. The summed E-state index contributed by atoms with van der Waals surface area (Å²) in [6.07, 6.45) is 0. The van der Waals surface area contributed by atoms with Crippen molar-refractivity contribution in [3.05, 3.63) is 11.4 Å². The van der Waals surface area contributed by atoms with Gasteiger partial charge < -0.3 is 10.8 Å². The Balaban J connectivity index is 2.44. The van der Waals surface area contributed by atoms with Crippen LogP contribution in [0.25, 0.3) is 10.2 Å². The molecule has 2 heterocycles. The summed E-state index contributed by atoms with van der Waals surface area (Å²) in [6.45, 7) is 0.139. The molecule has 2 aromatic heterocycles. The average Bonchev–Trinajstić information content (AvgIpc) is 2.61. The lowest BCUT2D eigenvalue weighted by atomic mass is 10.4. The molecular weight excluding hydrogens is 218 g/mol. The molecule has 0 aliphatic rings. The van der Waals surface area contributed by atoms with Crippen LogP contribution in [0.15, 0.2) is 16.5 Å². The van der Waals surface area contributed by atoms with E-state index in [4.69, 9.17) is 10.8 Å². The van der Waals surface area contributed by atoms with E-state index < -0.39 is 0 Å². The maximum absolute atomic E-state index is 8.73. The largest absolute Gasteiger partial charge is 0.396 e. The summed E-state index contributed by atoms with van der Waals surface area (Å²) in [5.41, 5.74) is 5.56. The molecule has 2 aromatic rings. The van der Waals surface area contributed by atoms with E-state index in [1.807, 2.05) is 11.4 Å². The highest BCUT2D eigenvalue weighted by Gasteiger charge is 2.06. The Hall–Kier alpha value is -0.850. The van der Waals surface area contributed by atoms with Gasteiger partial charge in [-0.3, -0.25) is 0 Å². The molecule has 0 saturated heterocycles. The van der Waals surface area contributed by atoms with Crippen LogP contribution >= 0.6 is 23.1 Å². The molecule has 14 heavy (non-hydrogen) atoms. The van der Waals surface area contributed by atoms with E-state index in [9.17, 15) is 0 Å². The first-order chi connectivity index (χ1) is 6.81. The molecule has 0 amide bonds. The molecule has 4 nitrogen and oxygen atoms in total. The minimum atomic E-state index is 0.139. The van der Waals surface area contributed by atoms with E-state index >= 15 is 0 Å². The molecule has 0 spiro atoms. The fourth-order valence-corrected chi connectivity index (χ4v) is 2.69. The zero-order valence-electron chi connectivity index (χ0n) is 7.30. The van der Waals surface area contributed by atoms with Crippen LogP contribution in [-0.2, 0) is 0 Å². The second-order valence-corrected chi connectivity index (χ2v) is 4.58. The van der Waals surface area contributed by atoms with Gasteiger partial charge in [0.05, 0.1) is 6.61 Å². The Bertz CT molecular complexity index is 443. The van der Waals surface area contributed by atoms with Crippen molar-refractivity contribution in [2.24, 2.45) is 0 Å². The van der Waals surface area contributed by atoms with Gasteiger partial charge in [0.2, 0.25) is 5.95 Å². The summed E-state index contributed by atoms with van der Waals surface area (Å²) in [7, 11) is 0. The van der Waals surface area contributed by atoms with Gasteiger partial charge in [-0.1, -0.05) is 0 Å². The summed E-state index contributed by atoms with van der Waals surface area (Å²) in [5.74, 6) is 0.918. The zero-order valence-corrected chi connectivity index (χ0v) is 8.94. The molecular formula is C8H9N3OS2. The highest BCUT2D eigenvalue weighted by molar-refractivity contribution is 7.99. The van der Waals surface area contributed by atoms with Crippen molar-refractivity contribution in [2.75, 3.05) is 18.1 Å². The molecule has 0 radical (unpaired) electrons. The molecule has 6 heteroatoms. The van der Waals surface area contributed by atoms with Gasteiger partial charge in [-0.25, -0.2) is 9.97 Å². The molecule has 0 saturated carbocycles. The van der Waals surface area contributed by atoms with E-state index in [0.29, 0.717) is 11.7 Å². The number of thioether (sulfide) groups is 1. The van der Waals surface area contributed by atoms with Crippen molar-refractivity contribution >= 4 is 39.3 Å². The predicted molar refractivity (Wildman–Crippen MR) is 59.6 cm³/mol. The Morgan fingerprint density at radius 3 is 3.14 bits per heavy atom. The molecule has 3 N–H and O–H groups in total. The maximum atomic E-state index is 8.73. The monoisotopic (exact) mass is 227 g/mol. The summed E-state index contributed by atoms with van der Waals surface area (Å²) in [5, 5.41) is 12.6. The number of anilines is 1. The fourth-order valence-electron chi connectivity index (χ4n) is 1.10. The Labute approximate surface area is 89.2 Å². The minimum absolute atomic E-state index is 0.139. The van der Waals surface area contributed by atoms with Gasteiger partial charge in [0.25, 0.3) is 0 Å². The third kappa shape index (κ3) is 1.82. The van der Waals surface area contributed by atoms with Crippen LogP contribution in [-0.4, -0.2) is 27.4 Å². The third-order valence-corrected chi connectivity index (χ3v) is 3.42. The average molecular weight is 227 g/mol. The Morgan fingerprint density at radius 1 is 1.50 bits per heavy atom. The number of rotatable bonds is 3. The number of nitrogens with two attached hydrogens (primary N) is 1. The first kappa shape index (κ1) is 9.70. The first-order valence-corrected chi connectivity index (χ1v) is 5.92. The molecule has 0 unspecified atom stereocenters. The quantitative estimate of drug-likeness (QED) is 0.612. The number of hydrogen-bond donors (Lipinski definition) is 2. The van der Waals surface area contributed by atoms with E-state index in [1.165, 1.54) is 11.8 Å². The number of hydrogen-bond acceptors (Lipinski definition) is 6. The number of aliphatic hydroxyl groups is 1. The normalized spacial score (nSPS) is 10.9. The molecule has 0 aromatic carbocycles. The highest BCUT2D eigenvalue weighted by atomic mass is 32.2. The van der Waals surface area contributed by atoms with Gasteiger partial charge in [0.1, 0.15) is 9.86 Å². The Kier molecular flexibility index (Phi) is 2.85. The second-order valence-electron chi connectivity index (χ2n) is 2.60. The highest BCUT2D eigenvalue weighted by Crippen LogP contribution is 2.28. The van der Waals surface area contributed by atoms with Crippen LogP contribution < -0.4 is 5.73 Å². The molecule has 0 bridgehead atoms. The number of nitrogens with zero attached hydrogens (tertiary/aromatic N) is 2. The van der Waals surface area contributed by atoms with Crippen LogP contribution in [0.3, 0.4) is 0 Å². The number of fused-ring (bicyclic) bond motifs is 1. The van der Waals surface area contributed by atoms with E-state index in [0.717, 1.165) is 15.2 Å². The van der Waals surface area contributed by atoms with Crippen LogP contribution in [0.1, 0.15) is 0 Å². The van der Waals surface area contributed by atoms with Crippen molar-refractivity contribution in [2.45, 2.75) is 5.03 Å². The summed E-state index contributed by atoms with van der Waals surface area (Å²) >= 11 is 3.04. The number of nitrogen functional groups attached to an aromatic ring is 1. The number of aromatic nitrogens is 2. The topological polar surface area (TPSA) is 72.0 Å². The summed E-state index contributed by atoms with van der Waals surface area (Å²) in [4.78, 5) is 9.15. The Morgan fingerprint density at radius 2 is 2.36 bits per heavy atom. The van der Waals surface area contributed by atoms with Gasteiger partial charge in [-0.05, 0) is 11.4 Å². The van der Waals surface area contributed by atoms with E-state index in [-0.39, 0.29) is 6.61 Å². The second kappa shape index (κ2) is 4.12. The van der Waals surface area contributed by atoms with Crippen LogP contribution in [0.2, 0.25) is 0 Å². The van der Waals surface area contributed by atoms with Gasteiger partial charge in [0, 0.05) is 11.1 Å². The molecule has 0 atom stereocenters. The molecule has 0 fully saturated rings. The van der Waals surface area contributed by atoms with Gasteiger partial charge >= 0.3 is 0 Å². The van der Waals surface area contributed by atoms with Crippen molar-refractivity contribution in [1.82, 2.24) is 9.97 Å². The van der Waals surface area contributed by atoms with Crippen molar-refractivity contribution in [1.29, 1.82) is 0 Å². The van der Waals surface area contributed by atoms with Crippen LogP contribution in [0, 0.1) is 0 Å². The van der Waals surface area contributed by atoms with Crippen molar-refractivity contribution < 1.29 is 5.11 Å². The fraction of sp³-hybridized carbons (Fsp3) is 0.250. The smallest absolute Gasteiger partial charge is 0.222 e. The lowest BCUT2D eigenvalue weighted by molar-refractivity contribution is 0.322. The molecule has 0 aliphatic heterocycles. The van der Waals surface area contributed by atoms with Gasteiger partial charge in [0.15, 0.2) is 0 Å². The van der Waals surface area contributed by atoms with Crippen LogP contribution in [0.4, 0.5) is 5.95 Å². The van der Waals surface area contributed by atoms with Crippen LogP contribution in [0.5, 0.6) is 0 Å².